The number of carbonyl (C=O) groups is 4. The average Bonchev–Trinajstić information content (AvgIpc) is 3.16. The number of ether oxygens (including phenoxy) is 1. The molecule has 9 nitrogen and oxygen atoms in total. The monoisotopic (exact) mass is 416 g/mol. The van der Waals surface area contributed by atoms with Gasteiger partial charge in [-0.2, -0.15) is 0 Å². The Bertz CT molecular complexity index is 856. The van der Waals surface area contributed by atoms with Crippen LogP contribution >= 0.6 is 0 Å². The highest BCUT2D eigenvalue weighted by atomic mass is 16.5. The normalized spacial score (nSPS) is 20.1. The summed E-state index contributed by atoms with van der Waals surface area (Å²) in [6, 6.07) is 4.55. The molecule has 5 amide bonds. The molecule has 1 atom stereocenters. The number of unbranched alkanes of at least 4 members (excludes halogenated alkanes) is 3. The van der Waals surface area contributed by atoms with E-state index < -0.39 is 17.5 Å². The van der Waals surface area contributed by atoms with E-state index in [2.05, 4.69) is 22.9 Å². The predicted octanol–water partition coefficient (Wildman–Crippen LogP) is 1.32. The van der Waals surface area contributed by atoms with Crippen LogP contribution in [0, 0.1) is 0 Å². The summed E-state index contributed by atoms with van der Waals surface area (Å²) in [6.45, 7) is 2.82. The fraction of sp³-hybridized carbons (Fsp3) is 0.524. The number of rotatable bonds is 10. The van der Waals surface area contributed by atoms with Gasteiger partial charge in [0.25, 0.3) is 11.8 Å². The molecule has 0 spiro atoms. The van der Waals surface area contributed by atoms with E-state index in [1.54, 1.807) is 18.2 Å². The molecule has 1 aromatic rings. The highest BCUT2D eigenvalue weighted by molar-refractivity contribution is 6.09. The summed E-state index contributed by atoms with van der Waals surface area (Å²) in [7, 11) is 1.52. The molecule has 30 heavy (non-hydrogen) atoms. The van der Waals surface area contributed by atoms with Crippen LogP contribution in [0.5, 0.6) is 5.75 Å². The van der Waals surface area contributed by atoms with E-state index in [4.69, 9.17) is 4.74 Å². The van der Waals surface area contributed by atoms with Crippen molar-refractivity contribution >= 4 is 23.8 Å². The molecule has 1 saturated heterocycles. The first-order valence-electron chi connectivity index (χ1n) is 10.2. The molecule has 9 heteroatoms. The summed E-state index contributed by atoms with van der Waals surface area (Å²) in [4.78, 5) is 51.3. The van der Waals surface area contributed by atoms with Crippen molar-refractivity contribution < 1.29 is 23.9 Å². The summed E-state index contributed by atoms with van der Waals surface area (Å²) >= 11 is 0. The number of benzene rings is 1. The summed E-state index contributed by atoms with van der Waals surface area (Å²) in [5.41, 5.74) is -0.192. The van der Waals surface area contributed by atoms with Gasteiger partial charge in [-0.3, -0.25) is 19.7 Å². The third kappa shape index (κ3) is 4.55. The Morgan fingerprint density at radius 2 is 2.03 bits per heavy atom. The largest absolute Gasteiger partial charge is 0.497 e. The van der Waals surface area contributed by atoms with Crippen molar-refractivity contribution in [2.45, 2.75) is 51.1 Å². The van der Waals surface area contributed by atoms with Gasteiger partial charge in [0.05, 0.1) is 20.1 Å². The maximum Gasteiger partial charge on any atom is 0.322 e. The van der Waals surface area contributed by atoms with E-state index in [1.807, 2.05) is 0 Å². The minimum Gasteiger partial charge on any atom is -0.497 e. The molecule has 0 saturated carbocycles. The van der Waals surface area contributed by atoms with Gasteiger partial charge in [0.1, 0.15) is 11.3 Å². The highest BCUT2D eigenvalue weighted by Crippen LogP contribution is 2.29. The van der Waals surface area contributed by atoms with Crippen molar-refractivity contribution in [2.24, 2.45) is 0 Å². The minimum absolute atomic E-state index is 0.0936. The Balaban J connectivity index is 1.69. The first kappa shape index (κ1) is 21.6. The zero-order valence-corrected chi connectivity index (χ0v) is 17.4. The molecule has 1 fully saturated rings. The van der Waals surface area contributed by atoms with Gasteiger partial charge in [-0.15, -0.1) is 0 Å². The molecule has 2 aliphatic heterocycles. The van der Waals surface area contributed by atoms with Crippen LogP contribution in [0.3, 0.4) is 0 Å². The molecular formula is C21H28N4O5. The Labute approximate surface area is 175 Å². The second-order valence-corrected chi connectivity index (χ2v) is 7.76. The zero-order valence-electron chi connectivity index (χ0n) is 17.4. The van der Waals surface area contributed by atoms with Crippen LogP contribution in [0.2, 0.25) is 0 Å². The summed E-state index contributed by atoms with van der Waals surface area (Å²) in [5.74, 6) is -0.644. The van der Waals surface area contributed by atoms with Crippen LogP contribution in [0.4, 0.5) is 4.79 Å². The summed E-state index contributed by atoms with van der Waals surface area (Å²) in [5, 5.41) is 7.58. The number of amides is 5. The van der Waals surface area contributed by atoms with Gasteiger partial charge in [-0.25, -0.2) is 4.79 Å². The van der Waals surface area contributed by atoms with E-state index >= 15 is 0 Å². The molecule has 3 rings (SSSR count). The topological polar surface area (TPSA) is 117 Å². The number of imide groups is 1. The first-order chi connectivity index (χ1) is 14.4. The van der Waals surface area contributed by atoms with Gasteiger partial charge in [0, 0.05) is 18.7 Å². The number of urea groups is 1. The van der Waals surface area contributed by atoms with Crippen molar-refractivity contribution in [2.75, 3.05) is 20.2 Å². The molecule has 1 aromatic carbocycles. The number of carbonyl (C=O) groups excluding carboxylic acids is 4. The smallest absolute Gasteiger partial charge is 0.322 e. The second-order valence-electron chi connectivity index (χ2n) is 7.76. The van der Waals surface area contributed by atoms with Crippen LogP contribution in [0.1, 0.15) is 54.9 Å². The molecule has 2 heterocycles. The van der Waals surface area contributed by atoms with Gasteiger partial charge >= 0.3 is 6.03 Å². The van der Waals surface area contributed by atoms with Crippen LogP contribution in [-0.4, -0.2) is 54.4 Å². The molecular weight excluding hydrogens is 388 g/mol. The van der Waals surface area contributed by atoms with E-state index in [9.17, 15) is 19.2 Å². The molecule has 0 radical (unpaired) electrons. The fourth-order valence-corrected chi connectivity index (χ4v) is 3.86. The molecule has 0 aromatic heterocycles. The van der Waals surface area contributed by atoms with Crippen LogP contribution in [0.25, 0.3) is 0 Å². The number of nitrogens with one attached hydrogen (secondary N) is 3. The van der Waals surface area contributed by atoms with Gasteiger partial charge < -0.3 is 20.3 Å². The van der Waals surface area contributed by atoms with Gasteiger partial charge in [0.15, 0.2) is 0 Å². The van der Waals surface area contributed by atoms with Crippen molar-refractivity contribution in [3.63, 3.8) is 0 Å². The lowest BCUT2D eigenvalue weighted by atomic mass is 9.94. The molecule has 2 aliphatic rings. The maximum atomic E-state index is 12.9. The molecule has 3 N–H and O–H groups in total. The average molecular weight is 416 g/mol. The second kappa shape index (κ2) is 9.15. The fourth-order valence-electron chi connectivity index (χ4n) is 3.86. The van der Waals surface area contributed by atoms with Crippen molar-refractivity contribution in [1.82, 2.24) is 20.9 Å². The number of methoxy groups -OCH3 is 1. The SMILES string of the molecule is CCCCCCNC(=O)CC1(CN2Cc3ccc(OC)cc3C2=O)NC(=O)NC1=O. The Kier molecular flexibility index (Phi) is 6.59. The highest BCUT2D eigenvalue weighted by Gasteiger charge is 2.50. The zero-order chi connectivity index (χ0) is 21.7. The minimum atomic E-state index is -1.49. The lowest BCUT2D eigenvalue weighted by molar-refractivity contribution is -0.130. The van der Waals surface area contributed by atoms with E-state index in [1.165, 1.54) is 12.0 Å². The Morgan fingerprint density at radius 3 is 2.70 bits per heavy atom. The van der Waals surface area contributed by atoms with Crippen molar-refractivity contribution in [3.05, 3.63) is 29.3 Å². The van der Waals surface area contributed by atoms with Crippen LogP contribution in [-0.2, 0) is 16.1 Å². The molecule has 162 valence electrons. The van der Waals surface area contributed by atoms with Crippen LogP contribution in [0.15, 0.2) is 18.2 Å². The predicted molar refractivity (Wildman–Crippen MR) is 109 cm³/mol. The summed E-state index contributed by atoms with van der Waals surface area (Å²) < 4.78 is 5.18. The van der Waals surface area contributed by atoms with Gasteiger partial charge in [-0.05, 0) is 24.1 Å². The number of hydrogen-bond acceptors (Lipinski definition) is 5. The van der Waals surface area contributed by atoms with E-state index in [0.717, 1.165) is 31.2 Å². The standard InChI is InChI=1S/C21H28N4O5/c1-3-4-5-6-9-22-17(26)11-21(19(28)23-20(29)24-21)13-25-12-14-7-8-15(30-2)10-16(14)18(25)27/h7-8,10H,3-6,9,11-13H2,1-2H3,(H,22,26)(H2,23,24,28,29). The number of nitrogens with zero attached hydrogens (tertiary/aromatic N) is 1. The van der Waals surface area contributed by atoms with Crippen molar-refractivity contribution in [3.8, 4) is 5.75 Å². The third-order valence-corrected chi connectivity index (χ3v) is 5.49. The third-order valence-electron chi connectivity index (χ3n) is 5.49. The Morgan fingerprint density at radius 1 is 1.23 bits per heavy atom. The van der Waals surface area contributed by atoms with Gasteiger partial charge in [-0.1, -0.05) is 32.3 Å². The maximum absolute atomic E-state index is 12.9. The number of fused-ring (bicyclic) bond motifs is 1. The molecule has 0 aliphatic carbocycles. The summed E-state index contributed by atoms with van der Waals surface area (Å²) in [6.07, 6.45) is 3.83. The Hall–Kier alpha value is -3.10. The van der Waals surface area contributed by atoms with E-state index in [-0.39, 0.29) is 24.8 Å². The van der Waals surface area contributed by atoms with Crippen molar-refractivity contribution in [1.29, 1.82) is 0 Å². The lowest BCUT2D eigenvalue weighted by Crippen LogP contribution is -2.57. The lowest BCUT2D eigenvalue weighted by Gasteiger charge is -2.30. The number of hydrogen-bond donors (Lipinski definition) is 3. The van der Waals surface area contributed by atoms with Gasteiger partial charge in [0.2, 0.25) is 5.91 Å². The molecule has 1 unspecified atom stereocenters. The molecule has 0 bridgehead atoms. The quantitative estimate of drug-likeness (QED) is 0.393. The van der Waals surface area contributed by atoms with Crippen LogP contribution < -0.4 is 20.7 Å². The van der Waals surface area contributed by atoms with E-state index in [0.29, 0.717) is 24.4 Å². The first-order valence-corrected chi connectivity index (χ1v) is 10.2.